The van der Waals surface area contributed by atoms with E-state index in [4.69, 9.17) is 9.86 Å². The van der Waals surface area contributed by atoms with Crippen LogP contribution >= 0.6 is 0 Å². The molecule has 0 radical (unpaired) electrons. The zero-order valence-corrected chi connectivity index (χ0v) is 8.64. The molecule has 0 fully saturated rings. The first-order chi connectivity index (χ1) is 7.04. The van der Waals surface area contributed by atoms with E-state index in [0.29, 0.717) is 0 Å². The summed E-state index contributed by atoms with van der Waals surface area (Å²) in [5, 5.41) is 21.0. The van der Waals surface area contributed by atoms with Crippen LogP contribution in [0.15, 0.2) is 23.4 Å². The maximum absolute atomic E-state index is 9.68. The topological polar surface area (TPSA) is 62.0 Å². The minimum Gasteiger partial charge on any atom is -0.423 e. The van der Waals surface area contributed by atoms with Gasteiger partial charge in [0.25, 0.3) is 0 Å². The van der Waals surface area contributed by atoms with Gasteiger partial charge in [0.2, 0.25) is 0 Å². The van der Waals surface area contributed by atoms with Crippen LogP contribution in [-0.4, -0.2) is 23.6 Å². The molecule has 1 aliphatic heterocycles. The van der Waals surface area contributed by atoms with Crippen LogP contribution in [0, 0.1) is 0 Å². The molecule has 0 unspecified atom stereocenters. The molecule has 1 aromatic carbocycles. The average Bonchev–Trinajstić information content (AvgIpc) is 2.38. The second-order valence-corrected chi connectivity index (χ2v) is 4.07. The van der Waals surface area contributed by atoms with Crippen molar-refractivity contribution in [3.63, 3.8) is 0 Å². The van der Waals surface area contributed by atoms with Crippen molar-refractivity contribution < 1.29 is 14.9 Å². The Kier molecular flexibility index (Phi) is 2.29. The van der Waals surface area contributed by atoms with Gasteiger partial charge >= 0.3 is 7.12 Å². The highest BCUT2D eigenvalue weighted by atomic mass is 16.5. The van der Waals surface area contributed by atoms with E-state index in [1.54, 1.807) is 6.07 Å². The first kappa shape index (κ1) is 10.2. The van der Waals surface area contributed by atoms with Gasteiger partial charge < -0.3 is 14.9 Å². The van der Waals surface area contributed by atoms with Gasteiger partial charge in [-0.15, -0.1) is 0 Å². The number of rotatable bonds is 1. The van der Waals surface area contributed by atoms with Crippen LogP contribution in [-0.2, 0) is 10.3 Å². The van der Waals surface area contributed by atoms with Crippen LogP contribution in [0.25, 0.3) is 0 Å². The maximum Gasteiger partial charge on any atom is 0.492 e. The van der Waals surface area contributed by atoms with E-state index < -0.39 is 12.7 Å². The molecule has 0 aromatic heterocycles. The van der Waals surface area contributed by atoms with E-state index in [1.165, 1.54) is 6.21 Å². The minimum absolute atomic E-state index is 0.469. The molecule has 5 heteroatoms. The third-order valence-electron chi connectivity index (χ3n) is 2.60. The summed E-state index contributed by atoms with van der Waals surface area (Å²) in [5.41, 5.74) is 1.96. The molecule has 2 rings (SSSR count). The van der Waals surface area contributed by atoms with Gasteiger partial charge in [0.15, 0.2) is 0 Å². The lowest BCUT2D eigenvalue weighted by Gasteiger charge is -2.19. The normalized spacial score (nSPS) is 18.5. The second kappa shape index (κ2) is 3.36. The molecule has 0 amide bonds. The summed E-state index contributed by atoms with van der Waals surface area (Å²) >= 11 is 0. The Balaban J connectivity index is 2.50. The van der Waals surface area contributed by atoms with E-state index in [9.17, 15) is 5.02 Å². The summed E-state index contributed by atoms with van der Waals surface area (Å²) in [6, 6.07) is 5.46. The Morgan fingerprint density at radius 3 is 2.87 bits per heavy atom. The summed E-state index contributed by atoms with van der Waals surface area (Å²) in [6.07, 6.45) is 1.32. The Hall–Kier alpha value is -1.33. The molecule has 0 atom stereocenters. The fraction of sp³-hybridized carbons (Fsp3) is 0.300. The van der Waals surface area contributed by atoms with Gasteiger partial charge in [-0.1, -0.05) is 23.4 Å². The maximum atomic E-state index is 9.68. The number of benzene rings is 1. The molecule has 1 aromatic rings. The molecule has 1 heterocycles. The Bertz CT molecular complexity index is 417. The predicted molar refractivity (Wildman–Crippen MR) is 57.5 cm³/mol. The van der Waals surface area contributed by atoms with E-state index in [0.717, 1.165) is 16.6 Å². The summed E-state index contributed by atoms with van der Waals surface area (Å²) in [7, 11) is -0.901. The van der Waals surface area contributed by atoms with Crippen molar-refractivity contribution in [1.82, 2.24) is 0 Å². The molecule has 4 nitrogen and oxygen atoms in total. The highest BCUT2D eigenvalue weighted by molar-refractivity contribution is 6.62. The van der Waals surface area contributed by atoms with Crippen molar-refractivity contribution in [3.05, 3.63) is 29.3 Å². The fourth-order valence-electron chi connectivity index (χ4n) is 1.89. The zero-order chi connectivity index (χ0) is 11.1. The van der Waals surface area contributed by atoms with Crippen LogP contribution in [0.3, 0.4) is 0 Å². The third kappa shape index (κ3) is 1.64. The fourth-order valence-corrected chi connectivity index (χ4v) is 1.89. The van der Waals surface area contributed by atoms with E-state index in [-0.39, 0.29) is 0 Å². The molecule has 0 spiro atoms. The van der Waals surface area contributed by atoms with E-state index in [2.05, 4.69) is 5.16 Å². The van der Waals surface area contributed by atoms with Crippen LogP contribution in [0.4, 0.5) is 0 Å². The molecule has 0 aliphatic carbocycles. The number of nitrogens with zero attached hydrogens (tertiary/aromatic N) is 1. The summed E-state index contributed by atoms with van der Waals surface area (Å²) < 4.78 is 5.40. The molecule has 1 aliphatic rings. The van der Waals surface area contributed by atoms with E-state index >= 15 is 0 Å². The van der Waals surface area contributed by atoms with Crippen molar-refractivity contribution in [2.75, 3.05) is 0 Å². The Morgan fingerprint density at radius 2 is 2.20 bits per heavy atom. The third-order valence-corrected chi connectivity index (χ3v) is 2.60. The standard InChI is InChI=1S/C10H12BNO3/c1-10(2)8-4-3-7(6-12-14)5-9(8)11(13)15-10/h3-6,13-14H,1-2H3/b12-6-. The van der Waals surface area contributed by atoms with Gasteiger partial charge in [-0.3, -0.25) is 0 Å². The van der Waals surface area contributed by atoms with Crippen LogP contribution < -0.4 is 5.46 Å². The predicted octanol–water partition coefficient (Wildman–Crippen LogP) is 0.447. The van der Waals surface area contributed by atoms with Crippen molar-refractivity contribution in [2.45, 2.75) is 19.4 Å². The van der Waals surface area contributed by atoms with Crippen LogP contribution in [0.1, 0.15) is 25.0 Å². The lowest BCUT2D eigenvalue weighted by Crippen LogP contribution is -2.28. The highest BCUT2D eigenvalue weighted by Gasteiger charge is 2.40. The summed E-state index contributed by atoms with van der Waals surface area (Å²) in [6.45, 7) is 3.81. The Labute approximate surface area is 88.3 Å². The number of oxime groups is 1. The summed E-state index contributed by atoms with van der Waals surface area (Å²) in [5.74, 6) is 0. The van der Waals surface area contributed by atoms with Crippen molar-refractivity contribution in [2.24, 2.45) is 5.16 Å². The number of hydrogen-bond acceptors (Lipinski definition) is 4. The van der Waals surface area contributed by atoms with Gasteiger partial charge in [0.05, 0.1) is 11.8 Å². The van der Waals surface area contributed by atoms with Crippen molar-refractivity contribution >= 4 is 18.8 Å². The number of fused-ring (bicyclic) bond motifs is 1. The molecular weight excluding hydrogens is 193 g/mol. The van der Waals surface area contributed by atoms with Gasteiger partial charge in [-0.2, -0.15) is 0 Å². The average molecular weight is 205 g/mol. The largest absolute Gasteiger partial charge is 0.492 e. The van der Waals surface area contributed by atoms with Crippen molar-refractivity contribution in [3.8, 4) is 0 Å². The molecule has 15 heavy (non-hydrogen) atoms. The molecule has 78 valence electrons. The first-order valence-electron chi connectivity index (χ1n) is 4.72. The SMILES string of the molecule is CC1(C)OB(O)c2cc(/C=N\O)ccc21. The minimum atomic E-state index is -0.901. The van der Waals surface area contributed by atoms with Crippen LogP contribution in [0.5, 0.6) is 0 Å². The second-order valence-electron chi connectivity index (χ2n) is 4.07. The molecular formula is C10H12BNO3. The monoisotopic (exact) mass is 205 g/mol. The lowest BCUT2D eigenvalue weighted by molar-refractivity contribution is 0.101. The van der Waals surface area contributed by atoms with Gasteiger partial charge in [0, 0.05) is 0 Å². The smallest absolute Gasteiger partial charge is 0.423 e. The molecule has 0 saturated carbocycles. The van der Waals surface area contributed by atoms with Gasteiger partial charge in [0.1, 0.15) is 0 Å². The summed E-state index contributed by atoms with van der Waals surface area (Å²) in [4.78, 5) is 0. The number of hydrogen-bond donors (Lipinski definition) is 2. The van der Waals surface area contributed by atoms with Gasteiger partial charge in [-0.05, 0) is 30.4 Å². The quantitative estimate of drug-likeness (QED) is 0.302. The molecule has 0 saturated heterocycles. The highest BCUT2D eigenvalue weighted by Crippen LogP contribution is 2.29. The van der Waals surface area contributed by atoms with Crippen LogP contribution in [0.2, 0.25) is 0 Å². The molecule has 0 bridgehead atoms. The van der Waals surface area contributed by atoms with Gasteiger partial charge in [-0.25, -0.2) is 0 Å². The zero-order valence-electron chi connectivity index (χ0n) is 8.64. The Morgan fingerprint density at radius 1 is 1.47 bits per heavy atom. The first-order valence-corrected chi connectivity index (χ1v) is 4.72. The molecule has 2 N–H and O–H groups in total. The van der Waals surface area contributed by atoms with Crippen molar-refractivity contribution in [1.29, 1.82) is 0 Å². The lowest BCUT2D eigenvalue weighted by atomic mass is 9.77. The van der Waals surface area contributed by atoms with E-state index in [1.807, 2.05) is 26.0 Å².